The molecule has 27 heavy (non-hydrogen) atoms. The van der Waals surface area contributed by atoms with E-state index >= 15 is 0 Å². The molecule has 142 valence electrons. The standard InChI is InChI=1S/C20H23N3O3S/c1-12(16-3-2-4-17(8-16)23(24)25)27-19-22-21-18(26-19)20-9-13-5-14(10-20)7-15(6-13)11-20/h2-4,8,12-15H,5-7,9-11H2,1H3/t12-,13?,14?,15?,20?/m1/s1. The molecule has 1 aromatic carbocycles. The zero-order valence-corrected chi connectivity index (χ0v) is 16.2. The molecule has 0 unspecified atom stereocenters. The van der Waals surface area contributed by atoms with Gasteiger partial charge < -0.3 is 4.42 Å². The monoisotopic (exact) mass is 385 g/mol. The number of hydrogen-bond donors (Lipinski definition) is 0. The van der Waals surface area contributed by atoms with E-state index in [0.717, 1.165) is 29.2 Å². The summed E-state index contributed by atoms with van der Waals surface area (Å²) in [6.07, 6.45) is 7.76. The van der Waals surface area contributed by atoms with E-state index in [-0.39, 0.29) is 21.3 Å². The summed E-state index contributed by atoms with van der Waals surface area (Å²) in [5.41, 5.74) is 1.11. The highest BCUT2D eigenvalue weighted by molar-refractivity contribution is 7.99. The number of hydrogen-bond acceptors (Lipinski definition) is 6. The Bertz CT molecular complexity index is 846. The van der Waals surface area contributed by atoms with E-state index < -0.39 is 0 Å². The lowest BCUT2D eigenvalue weighted by molar-refractivity contribution is -0.384. The molecule has 4 fully saturated rings. The quantitative estimate of drug-likeness (QED) is 0.395. The minimum atomic E-state index is -0.362. The van der Waals surface area contributed by atoms with Crippen molar-refractivity contribution in [1.29, 1.82) is 0 Å². The van der Waals surface area contributed by atoms with E-state index in [1.807, 2.05) is 13.0 Å². The van der Waals surface area contributed by atoms with E-state index in [0.29, 0.717) is 5.22 Å². The van der Waals surface area contributed by atoms with Crippen molar-refractivity contribution in [2.45, 2.75) is 61.3 Å². The van der Waals surface area contributed by atoms with Crippen LogP contribution in [-0.2, 0) is 5.41 Å². The average molecular weight is 385 g/mol. The first kappa shape index (κ1) is 17.2. The molecule has 0 spiro atoms. The third-order valence-electron chi connectivity index (χ3n) is 6.73. The molecule has 1 aromatic heterocycles. The lowest BCUT2D eigenvalue weighted by Gasteiger charge is -2.55. The first-order valence-corrected chi connectivity index (χ1v) is 10.6. The number of benzene rings is 1. The molecule has 2 aromatic rings. The molecule has 6 rings (SSSR count). The van der Waals surface area contributed by atoms with Gasteiger partial charge in [0.1, 0.15) is 0 Å². The second-order valence-corrected chi connectivity index (χ2v) is 9.98. The second kappa shape index (κ2) is 6.33. The first-order chi connectivity index (χ1) is 13.0. The Morgan fingerprint density at radius 1 is 1.19 bits per heavy atom. The molecule has 4 aliphatic rings. The summed E-state index contributed by atoms with van der Waals surface area (Å²) in [5.74, 6) is 3.34. The van der Waals surface area contributed by atoms with Crippen molar-refractivity contribution < 1.29 is 9.34 Å². The van der Waals surface area contributed by atoms with Crippen molar-refractivity contribution in [1.82, 2.24) is 10.2 Å². The molecule has 0 aliphatic heterocycles. The first-order valence-electron chi connectivity index (χ1n) is 9.76. The zero-order chi connectivity index (χ0) is 18.6. The lowest BCUT2D eigenvalue weighted by atomic mass is 9.49. The Balaban J connectivity index is 1.34. The van der Waals surface area contributed by atoms with E-state index in [1.165, 1.54) is 56.4 Å². The Kier molecular flexibility index (Phi) is 4.04. The summed E-state index contributed by atoms with van der Waals surface area (Å²) in [5, 5.41) is 20.3. The predicted molar refractivity (Wildman–Crippen MR) is 102 cm³/mol. The lowest BCUT2D eigenvalue weighted by Crippen LogP contribution is -2.48. The number of nitrogens with zero attached hydrogens (tertiary/aromatic N) is 3. The average Bonchev–Trinajstić information content (AvgIpc) is 3.10. The van der Waals surface area contributed by atoms with E-state index in [4.69, 9.17) is 4.42 Å². The van der Waals surface area contributed by atoms with Gasteiger partial charge in [-0.2, -0.15) is 0 Å². The summed E-state index contributed by atoms with van der Waals surface area (Å²) in [7, 11) is 0. The van der Waals surface area contributed by atoms with E-state index in [2.05, 4.69) is 10.2 Å². The molecule has 7 heteroatoms. The Hall–Kier alpha value is -1.89. The van der Waals surface area contributed by atoms with Gasteiger partial charge in [0.05, 0.1) is 4.92 Å². The fraction of sp³-hybridized carbons (Fsp3) is 0.600. The minimum absolute atomic E-state index is 0.00885. The normalized spacial score (nSPS) is 32.6. The molecule has 0 N–H and O–H groups in total. The Morgan fingerprint density at radius 3 is 2.48 bits per heavy atom. The molecule has 6 nitrogen and oxygen atoms in total. The van der Waals surface area contributed by atoms with Crippen molar-refractivity contribution in [2.24, 2.45) is 17.8 Å². The van der Waals surface area contributed by atoms with Crippen LogP contribution in [0.5, 0.6) is 0 Å². The fourth-order valence-corrected chi connectivity index (χ4v) is 6.75. The molecule has 4 saturated carbocycles. The molecule has 1 heterocycles. The zero-order valence-electron chi connectivity index (χ0n) is 15.3. The van der Waals surface area contributed by atoms with Crippen LogP contribution in [0.3, 0.4) is 0 Å². The number of nitro benzene ring substituents is 1. The van der Waals surface area contributed by atoms with E-state index in [9.17, 15) is 10.1 Å². The number of nitro groups is 1. The maximum atomic E-state index is 11.0. The second-order valence-electron chi connectivity index (χ2n) is 8.68. The molecule has 0 radical (unpaired) electrons. The summed E-state index contributed by atoms with van der Waals surface area (Å²) < 4.78 is 6.15. The van der Waals surface area contributed by atoms with Gasteiger partial charge >= 0.3 is 0 Å². The molecule has 1 atom stereocenters. The highest BCUT2D eigenvalue weighted by atomic mass is 32.2. The number of aromatic nitrogens is 2. The Labute approximate surface area is 162 Å². The van der Waals surface area contributed by atoms with Crippen molar-refractivity contribution >= 4 is 17.4 Å². The fourth-order valence-electron chi connectivity index (χ4n) is 5.95. The van der Waals surface area contributed by atoms with Crippen LogP contribution in [0.1, 0.15) is 62.2 Å². The maximum Gasteiger partial charge on any atom is 0.277 e. The Morgan fingerprint density at radius 2 is 1.85 bits per heavy atom. The molecule has 0 amide bonds. The van der Waals surface area contributed by atoms with Crippen molar-refractivity contribution in [3.05, 3.63) is 45.8 Å². The van der Waals surface area contributed by atoms with Crippen molar-refractivity contribution in [3.63, 3.8) is 0 Å². The van der Waals surface area contributed by atoms with Crippen LogP contribution < -0.4 is 0 Å². The third kappa shape index (κ3) is 3.06. The topological polar surface area (TPSA) is 82.1 Å². The van der Waals surface area contributed by atoms with E-state index in [1.54, 1.807) is 12.1 Å². The summed E-state index contributed by atoms with van der Waals surface area (Å²) in [4.78, 5) is 10.6. The van der Waals surface area contributed by atoms with Gasteiger partial charge in [0, 0.05) is 22.8 Å². The smallest absolute Gasteiger partial charge is 0.277 e. The van der Waals surface area contributed by atoms with Gasteiger partial charge in [-0.15, -0.1) is 10.2 Å². The van der Waals surface area contributed by atoms with Crippen LogP contribution >= 0.6 is 11.8 Å². The third-order valence-corrected chi connectivity index (χ3v) is 7.72. The molecule has 4 aliphatic carbocycles. The van der Waals surface area contributed by atoms with Gasteiger partial charge in [-0.1, -0.05) is 23.9 Å². The van der Waals surface area contributed by atoms with Crippen LogP contribution in [0.2, 0.25) is 0 Å². The molecular weight excluding hydrogens is 362 g/mol. The van der Waals surface area contributed by atoms with Gasteiger partial charge in [0.2, 0.25) is 5.89 Å². The predicted octanol–water partition coefficient (Wildman–Crippen LogP) is 5.30. The molecule has 0 saturated heterocycles. The largest absolute Gasteiger partial charge is 0.415 e. The van der Waals surface area contributed by atoms with Gasteiger partial charge in [0.15, 0.2) is 0 Å². The van der Waals surface area contributed by atoms with Crippen LogP contribution in [-0.4, -0.2) is 15.1 Å². The van der Waals surface area contributed by atoms with Gasteiger partial charge in [-0.05, 0) is 68.8 Å². The van der Waals surface area contributed by atoms with Gasteiger partial charge in [-0.25, -0.2) is 0 Å². The van der Waals surface area contributed by atoms with Crippen molar-refractivity contribution in [3.8, 4) is 0 Å². The maximum absolute atomic E-state index is 11.0. The van der Waals surface area contributed by atoms with Gasteiger partial charge in [0.25, 0.3) is 10.9 Å². The molecular formula is C20H23N3O3S. The minimum Gasteiger partial charge on any atom is -0.415 e. The summed E-state index contributed by atoms with van der Waals surface area (Å²) >= 11 is 1.48. The molecule has 4 bridgehead atoms. The van der Waals surface area contributed by atoms with Crippen LogP contribution in [0.4, 0.5) is 5.69 Å². The van der Waals surface area contributed by atoms with Crippen LogP contribution in [0.25, 0.3) is 0 Å². The van der Waals surface area contributed by atoms with Crippen LogP contribution in [0, 0.1) is 27.9 Å². The number of thioether (sulfide) groups is 1. The SMILES string of the molecule is C[C@@H](Sc1nnc(C23CC4CC(CC(C4)C2)C3)o1)c1cccc([N+](=O)[O-])c1. The van der Waals surface area contributed by atoms with Crippen LogP contribution in [0.15, 0.2) is 33.9 Å². The highest BCUT2D eigenvalue weighted by Crippen LogP contribution is 2.60. The summed E-state index contributed by atoms with van der Waals surface area (Å²) in [6.45, 7) is 2.01. The number of non-ortho nitro benzene ring substituents is 1. The highest BCUT2D eigenvalue weighted by Gasteiger charge is 2.54. The summed E-state index contributed by atoms with van der Waals surface area (Å²) in [6, 6.07) is 6.76. The van der Waals surface area contributed by atoms with Gasteiger partial charge in [-0.3, -0.25) is 10.1 Å². The number of rotatable bonds is 5. The van der Waals surface area contributed by atoms with Crippen molar-refractivity contribution in [2.75, 3.05) is 0 Å².